The monoisotopic (exact) mass is 392 g/mol. The Morgan fingerprint density at radius 2 is 1.05 bits per heavy atom. The average Bonchev–Trinajstić information content (AvgIpc) is 2.49. The Morgan fingerprint density at radius 1 is 0.684 bits per heavy atom. The predicted octanol–water partition coefficient (Wildman–Crippen LogP) is 1.76. The van der Waals surface area contributed by atoms with E-state index in [2.05, 4.69) is 2.92 Å². The second-order valence-corrected chi connectivity index (χ2v) is 5.66. The van der Waals surface area contributed by atoms with Gasteiger partial charge in [-0.25, -0.2) is 0 Å². The number of carbonyl (C=O) groups is 2. The van der Waals surface area contributed by atoms with E-state index < -0.39 is 37.1 Å². The second kappa shape index (κ2) is 7.34. The Hall–Kier alpha value is -1.28. The van der Waals surface area contributed by atoms with Gasteiger partial charge in [-0.3, -0.25) is 0 Å². The Labute approximate surface area is 132 Å². The van der Waals surface area contributed by atoms with Crippen molar-refractivity contribution in [3.63, 3.8) is 0 Å². The van der Waals surface area contributed by atoms with Gasteiger partial charge in [0.15, 0.2) is 0 Å². The third kappa shape index (κ3) is 4.39. The molecule has 0 saturated heterocycles. The van der Waals surface area contributed by atoms with Gasteiger partial charge in [0.05, 0.1) is 0 Å². The zero-order valence-electron chi connectivity index (χ0n) is 10.00. The van der Waals surface area contributed by atoms with Crippen LogP contribution in [-0.2, 0) is 0 Å². The summed E-state index contributed by atoms with van der Waals surface area (Å²) in [7, 11) is 0. The number of hydrogen-bond acceptors (Lipinski definition) is 2. The zero-order valence-corrected chi connectivity index (χ0v) is 12.6. The summed E-state index contributed by atoms with van der Waals surface area (Å²) in [6, 6.07) is 17.9. The van der Waals surface area contributed by atoms with Crippen molar-refractivity contribution in [2.75, 3.05) is 0 Å². The van der Waals surface area contributed by atoms with Gasteiger partial charge in [0.25, 0.3) is 0 Å². The fourth-order valence-electron chi connectivity index (χ4n) is 1.42. The number of nitrogens with one attached hydrogen (secondary N) is 2. The van der Waals surface area contributed by atoms with Crippen LogP contribution in [0.4, 0.5) is 0 Å². The van der Waals surface area contributed by atoms with Gasteiger partial charge in [0.1, 0.15) is 0 Å². The molecule has 2 aromatic rings. The molecule has 96 valence electrons. The molecule has 0 radical (unpaired) electrons. The van der Waals surface area contributed by atoms with Crippen LogP contribution in [0.25, 0.3) is 0 Å². The molecule has 0 unspecified atom stereocenters. The molecule has 0 aliphatic carbocycles. The average molecular weight is 391 g/mol. The molecule has 4 nitrogen and oxygen atoms in total. The molecule has 0 fully saturated rings. The summed E-state index contributed by atoms with van der Waals surface area (Å²) in [5.41, 5.74) is 1.22. The summed E-state index contributed by atoms with van der Waals surface area (Å²) < 4.78 is 5.59. The molecule has 19 heavy (non-hydrogen) atoms. The third-order valence-corrected chi connectivity index (χ3v) is 4.20. The summed E-state index contributed by atoms with van der Waals surface area (Å²) in [5.74, 6) is -0.280. The van der Waals surface area contributed by atoms with Crippen molar-refractivity contribution >= 4 is 11.8 Å². The molecule has 0 aliphatic heterocycles. The molecule has 0 saturated carbocycles. The van der Waals surface area contributed by atoms with Crippen molar-refractivity contribution in [1.29, 1.82) is 0 Å². The van der Waals surface area contributed by atoms with E-state index in [1.807, 2.05) is 36.4 Å². The van der Waals surface area contributed by atoms with Crippen LogP contribution in [0, 0.1) is 37.1 Å². The Balaban J connectivity index is 1.81. The Morgan fingerprint density at radius 3 is 1.42 bits per heavy atom. The molecule has 0 spiro atoms. The van der Waals surface area contributed by atoms with Crippen LogP contribution >= 0.6 is 0 Å². The maximum atomic E-state index is 11.7. The van der Waals surface area contributed by atoms with E-state index in [9.17, 15) is 9.59 Å². The van der Waals surface area contributed by atoms with Crippen molar-refractivity contribution in [2.45, 2.75) is 0 Å². The molecular weight excluding hydrogens is 379 g/mol. The maximum absolute atomic E-state index is 11.7. The van der Waals surface area contributed by atoms with E-state index in [0.717, 1.165) is 0 Å². The standard InChI is InChI=1S/2C7H7NO.Sm/c2*8-7(9)6-4-2-1-3-5-6;/h2*1-5H,(H2,8,9);/q;;+2/p-2. The molecule has 5 heteroatoms. The van der Waals surface area contributed by atoms with Gasteiger partial charge in [-0.15, -0.1) is 0 Å². The van der Waals surface area contributed by atoms with Crippen molar-refractivity contribution in [3.05, 3.63) is 71.8 Å². The minimum atomic E-state index is -1.42. The quantitative estimate of drug-likeness (QED) is 0.836. The van der Waals surface area contributed by atoms with Crippen molar-refractivity contribution in [2.24, 2.45) is 0 Å². The fraction of sp³-hybridized carbons (Fsp3) is 0. The van der Waals surface area contributed by atoms with Crippen LogP contribution in [0.15, 0.2) is 60.7 Å². The van der Waals surface area contributed by atoms with Crippen LogP contribution in [0.3, 0.4) is 0 Å². The van der Waals surface area contributed by atoms with Gasteiger partial charge in [-0.1, -0.05) is 0 Å². The normalized spacial score (nSPS) is 9.68. The first-order valence-electron chi connectivity index (χ1n) is 5.64. The van der Waals surface area contributed by atoms with Crippen molar-refractivity contribution in [1.82, 2.24) is 2.92 Å². The summed E-state index contributed by atoms with van der Waals surface area (Å²) in [4.78, 5) is 23.5. The van der Waals surface area contributed by atoms with Crippen LogP contribution in [0.1, 0.15) is 20.7 Å². The van der Waals surface area contributed by atoms with Crippen molar-refractivity contribution in [3.8, 4) is 0 Å². The minimum absolute atomic E-state index is 0.140. The summed E-state index contributed by atoms with van der Waals surface area (Å²) in [6.07, 6.45) is 0. The molecule has 2 N–H and O–H groups in total. The van der Waals surface area contributed by atoms with Gasteiger partial charge in [-0.05, 0) is 0 Å². The van der Waals surface area contributed by atoms with E-state index in [-0.39, 0.29) is 11.8 Å². The molecule has 2 aromatic carbocycles. The third-order valence-electron chi connectivity index (χ3n) is 2.36. The van der Waals surface area contributed by atoms with Crippen molar-refractivity contribution < 1.29 is 46.7 Å². The first kappa shape index (κ1) is 14.1. The molecule has 0 atom stereocenters. The van der Waals surface area contributed by atoms with E-state index in [4.69, 9.17) is 0 Å². The van der Waals surface area contributed by atoms with Crippen LogP contribution in [0.5, 0.6) is 0 Å². The van der Waals surface area contributed by atoms with Gasteiger partial charge in [0, 0.05) is 0 Å². The van der Waals surface area contributed by atoms with E-state index in [1.54, 1.807) is 24.3 Å². The zero-order chi connectivity index (χ0) is 13.5. The summed E-state index contributed by atoms with van der Waals surface area (Å²) in [6.45, 7) is 0. The second-order valence-electron chi connectivity index (χ2n) is 3.70. The molecule has 0 aliphatic rings. The first-order chi connectivity index (χ1) is 9.27. The number of rotatable bonds is 4. The Kier molecular flexibility index (Phi) is 5.46. The number of hydrogen-bond donors (Lipinski definition) is 2. The van der Waals surface area contributed by atoms with Crippen LogP contribution < -0.4 is 2.92 Å². The molecule has 0 aromatic heterocycles. The molecule has 2 rings (SSSR count). The molecule has 0 heterocycles. The number of amides is 2. The van der Waals surface area contributed by atoms with E-state index in [0.29, 0.717) is 11.1 Å². The van der Waals surface area contributed by atoms with E-state index >= 15 is 0 Å². The first-order valence-corrected chi connectivity index (χ1v) is 8.26. The summed E-state index contributed by atoms with van der Waals surface area (Å²) >= 11 is -1.42. The van der Waals surface area contributed by atoms with Gasteiger partial charge in [-0.2, -0.15) is 0 Å². The topological polar surface area (TPSA) is 58.2 Å². The SMILES string of the molecule is O=C([NH][Sm][NH]C(=O)c1ccccc1)c1ccccc1. The Bertz CT molecular complexity index is 507. The summed E-state index contributed by atoms with van der Waals surface area (Å²) in [5, 5.41) is 0. The number of benzene rings is 2. The predicted molar refractivity (Wildman–Crippen MR) is 67.8 cm³/mol. The van der Waals surface area contributed by atoms with Gasteiger partial charge < -0.3 is 0 Å². The molecule has 2 amide bonds. The van der Waals surface area contributed by atoms with Crippen LogP contribution in [0.2, 0.25) is 0 Å². The molecular formula is C14H12N2O2Sm. The van der Waals surface area contributed by atoms with E-state index in [1.165, 1.54) is 0 Å². The number of carbonyl (C=O) groups excluding carboxylic acids is 2. The van der Waals surface area contributed by atoms with Gasteiger partial charge >= 0.3 is 133 Å². The molecule has 0 bridgehead atoms. The fourth-order valence-corrected chi connectivity index (χ4v) is 2.93. The van der Waals surface area contributed by atoms with Gasteiger partial charge in [0.2, 0.25) is 0 Å². The van der Waals surface area contributed by atoms with Crippen LogP contribution in [-0.4, -0.2) is 11.8 Å².